The molecule has 0 aliphatic carbocycles. The average molecular weight is 178 g/mol. The van der Waals surface area contributed by atoms with Crippen molar-refractivity contribution in [2.24, 2.45) is 0 Å². The van der Waals surface area contributed by atoms with Crippen LogP contribution >= 0.6 is 0 Å². The molecule has 5 nitrogen and oxygen atoms in total. The lowest BCUT2D eigenvalue weighted by atomic mass is 10.1. The molecule has 1 rings (SSSR count). The molecule has 5 atom stereocenters. The van der Waals surface area contributed by atoms with Gasteiger partial charge in [0.25, 0.3) is 0 Å². The summed E-state index contributed by atoms with van der Waals surface area (Å²) in [6, 6.07) is 0. The number of hydrogen-bond acceptors (Lipinski definition) is 5. The molecule has 0 aromatic heterocycles. The van der Waals surface area contributed by atoms with Crippen molar-refractivity contribution in [2.45, 2.75) is 37.6 Å². The summed E-state index contributed by atoms with van der Waals surface area (Å²) in [6.07, 6.45) is -4.62. The summed E-state index contributed by atoms with van der Waals surface area (Å²) in [7, 11) is 1.37. The van der Waals surface area contributed by atoms with Gasteiger partial charge in [-0.1, -0.05) is 0 Å². The smallest absolute Gasteiger partial charge is 0.186 e. The van der Waals surface area contributed by atoms with Gasteiger partial charge in [0.05, 0.1) is 6.10 Å². The van der Waals surface area contributed by atoms with E-state index < -0.39 is 30.7 Å². The Bertz CT molecular complexity index is 149. The molecule has 1 heterocycles. The molecule has 0 spiro atoms. The lowest BCUT2D eigenvalue weighted by Crippen LogP contribution is -2.37. The maximum absolute atomic E-state index is 9.31. The Morgan fingerprint density at radius 2 is 1.92 bits per heavy atom. The van der Waals surface area contributed by atoms with Crippen molar-refractivity contribution in [3.8, 4) is 0 Å². The van der Waals surface area contributed by atoms with E-state index in [0.29, 0.717) is 0 Å². The number of rotatable bonds is 2. The van der Waals surface area contributed by atoms with E-state index in [1.807, 2.05) is 0 Å². The predicted octanol–water partition coefficient (Wildman–Crippen LogP) is -1.54. The molecular formula is C7H14O5. The number of methoxy groups -OCH3 is 1. The SMILES string of the molecule is COC1O[C@H]([C@@H](C)O)[C@H](O)[C@H]1O. The number of aliphatic hydroxyl groups excluding tert-OH is 3. The third kappa shape index (κ3) is 1.60. The molecule has 1 aliphatic rings. The molecule has 12 heavy (non-hydrogen) atoms. The van der Waals surface area contributed by atoms with Crippen molar-refractivity contribution in [3.63, 3.8) is 0 Å². The molecule has 0 aromatic rings. The molecule has 0 aromatic carbocycles. The van der Waals surface area contributed by atoms with Crippen LogP contribution in [0.5, 0.6) is 0 Å². The summed E-state index contributed by atoms with van der Waals surface area (Å²) in [5.74, 6) is 0. The van der Waals surface area contributed by atoms with Crippen LogP contribution in [0.3, 0.4) is 0 Å². The van der Waals surface area contributed by atoms with Crippen LogP contribution in [0.15, 0.2) is 0 Å². The van der Waals surface area contributed by atoms with Gasteiger partial charge in [-0.3, -0.25) is 0 Å². The first kappa shape index (κ1) is 9.88. The fourth-order valence-corrected chi connectivity index (χ4v) is 1.27. The highest BCUT2D eigenvalue weighted by Crippen LogP contribution is 2.23. The zero-order valence-electron chi connectivity index (χ0n) is 7.04. The fraction of sp³-hybridized carbons (Fsp3) is 1.00. The van der Waals surface area contributed by atoms with Crippen LogP contribution in [0.4, 0.5) is 0 Å². The van der Waals surface area contributed by atoms with E-state index in [1.165, 1.54) is 14.0 Å². The summed E-state index contributed by atoms with van der Waals surface area (Å²) in [5, 5.41) is 27.7. The first-order valence-corrected chi connectivity index (χ1v) is 3.80. The van der Waals surface area contributed by atoms with Crippen LogP contribution in [0.1, 0.15) is 6.92 Å². The molecule has 0 saturated carbocycles. The van der Waals surface area contributed by atoms with E-state index in [9.17, 15) is 10.2 Å². The van der Waals surface area contributed by atoms with Crippen LogP contribution in [-0.2, 0) is 9.47 Å². The molecule has 72 valence electrons. The minimum atomic E-state index is -1.09. The summed E-state index contributed by atoms with van der Waals surface area (Å²) in [6.45, 7) is 1.48. The third-order valence-electron chi connectivity index (χ3n) is 1.96. The average Bonchev–Trinajstić information content (AvgIpc) is 2.30. The minimum Gasteiger partial charge on any atom is -0.391 e. The van der Waals surface area contributed by atoms with E-state index in [1.54, 1.807) is 0 Å². The van der Waals surface area contributed by atoms with Gasteiger partial charge in [-0.25, -0.2) is 0 Å². The normalized spacial score (nSPS) is 44.8. The van der Waals surface area contributed by atoms with Gasteiger partial charge in [0, 0.05) is 7.11 Å². The molecule has 0 bridgehead atoms. The topological polar surface area (TPSA) is 79.2 Å². The molecule has 1 saturated heterocycles. The maximum Gasteiger partial charge on any atom is 0.186 e. The summed E-state index contributed by atoms with van der Waals surface area (Å²) < 4.78 is 9.76. The Labute approximate surface area is 70.5 Å². The molecule has 1 unspecified atom stereocenters. The third-order valence-corrected chi connectivity index (χ3v) is 1.96. The molecule has 3 N–H and O–H groups in total. The second kappa shape index (κ2) is 3.68. The minimum absolute atomic E-state index is 0.773. The lowest BCUT2D eigenvalue weighted by Gasteiger charge is -2.16. The van der Waals surface area contributed by atoms with Gasteiger partial charge in [-0.05, 0) is 6.92 Å². The standard InChI is InChI=1S/C7H14O5/c1-3(8)6-4(9)5(10)7(11-2)12-6/h3-10H,1-2H3/t3-,4-,5-,6-,7?/m1/s1. The Kier molecular flexibility index (Phi) is 3.03. The van der Waals surface area contributed by atoms with Gasteiger partial charge in [-0.15, -0.1) is 0 Å². The van der Waals surface area contributed by atoms with Gasteiger partial charge in [0.1, 0.15) is 18.3 Å². The van der Waals surface area contributed by atoms with Crippen molar-refractivity contribution in [1.29, 1.82) is 0 Å². The highest BCUT2D eigenvalue weighted by molar-refractivity contribution is 4.89. The van der Waals surface area contributed by atoms with E-state index in [2.05, 4.69) is 0 Å². The van der Waals surface area contributed by atoms with Gasteiger partial charge >= 0.3 is 0 Å². The van der Waals surface area contributed by atoms with E-state index in [0.717, 1.165) is 0 Å². The van der Waals surface area contributed by atoms with Crippen LogP contribution < -0.4 is 0 Å². The summed E-state index contributed by atoms with van der Waals surface area (Å²) in [4.78, 5) is 0. The molecule has 1 aliphatic heterocycles. The highest BCUT2D eigenvalue weighted by atomic mass is 16.7. The zero-order valence-corrected chi connectivity index (χ0v) is 7.04. The van der Waals surface area contributed by atoms with Crippen LogP contribution in [0, 0.1) is 0 Å². The van der Waals surface area contributed by atoms with E-state index in [4.69, 9.17) is 14.6 Å². The molecular weight excluding hydrogens is 164 g/mol. The quantitative estimate of drug-likeness (QED) is 0.477. The van der Waals surface area contributed by atoms with Gasteiger partial charge < -0.3 is 24.8 Å². The monoisotopic (exact) mass is 178 g/mol. The largest absolute Gasteiger partial charge is 0.391 e. The molecule has 1 fully saturated rings. The van der Waals surface area contributed by atoms with Crippen LogP contribution in [0.2, 0.25) is 0 Å². The van der Waals surface area contributed by atoms with Crippen molar-refractivity contribution in [1.82, 2.24) is 0 Å². The first-order valence-electron chi connectivity index (χ1n) is 3.80. The van der Waals surface area contributed by atoms with Gasteiger partial charge in [0.2, 0.25) is 0 Å². The Morgan fingerprint density at radius 3 is 2.17 bits per heavy atom. The highest BCUT2D eigenvalue weighted by Gasteiger charge is 2.44. The van der Waals surface area contributed by atoms with E-state index >= 15 is 0 Å². The van der Waals surface area contributed by atoms with Gasteiger partial charge in [-0.2, -0.15) is 0 Å². The number of aliphatic hydroxyl groups is 3. The molecule has 0 amide bonds. The number of ether oxygens (including phenoxy) is 2. The Morgan fingerprint density at radius 1 is 1.33 bits per heavy atom. The lowest BCUT2D eigenvalue weighted by molar-refractivity contribution is -0.161. The summed E-state index contributed by atoms with van der Waals surface area (Å²) in [5.41, 5.74) is 0. The fourth-order valence-electron chi connectivity index (χ4n) is 1.27. The zero-order chi connectivity index (χ0) is 9.30. The molecule has 0 radical (unpaired) electrons. The van der Waals surface area contributed by atoms with E-state index in [-0.39, 0.29) is 0 Å². The van der Waals surface area contributed by atoms with Crippen LogP contribution in [0.25, 0.3) is 0 Å². The van der Waals surface area contributed by atoms with Crippen molar-refractivity contribution < 1.29 is 24.8 Å². The maximum atomic E-state index is 9.31. The van der Waals surface area contributed by atoms with Crippen molar-refractivity contribution >= 4 is 0 Å². The number of hydrogen-bond donors (Lipinski definition) is 3. The van der Waals surface area contributed by atoms with Gasteiger partial charge in [0.15, 0.2) is 6.29 Å². The first-order chi connectivity index (χ1) is 5.57. The van der Waals surface area contributed by atoms with Crippen molar-refractivity contribution in [3.05, 3.63) is 0 Å². The Balaban J connectivity index is 2.60. The predicted molar refractivity (Wildman–Crippen MR) is 39.4 cm³/mol. The Hall–Kier alpha value is -0.200. The van der Waals surface area contributed by atoms with Crippen molar-refractivity contribution in [2.75, 3.05) is 7.11 Å². The van der Waals surface area contributed by atoms with Crippen LogP contribution in [-0.4, -0.2) is 53.1 Å². The second-order valence-corrected chi connectivity index (χ2v) is 2.93. The second-order valence-electron chi connectivity index (χ2n) is 2.93. The molecule has 5 heteroatoms. The summed E-state index contributed by atoms with van der Waals surface area (Å²) >= 11 is 0.